The van der Waals surface area contributed by atoms with E-state index in [1.165, 1.54) is 6.92 Å². The van der Waals surface area contributed by atoms with Crippen molar-refractivity contribution in [3.05, 3.63) is 29.8 Å². The van der Waals surface area contributed by atoms with Crippen molar-refractivity contribution in [2.24, 2.45) is 0 Å². The number of nitrogens with one attached hydrogen (secondary N) is 1. The number of carbonyl (C=O) groups is 2. The van der Waals surface area contributed by atoms with Crippen molar-refractivity contribution in [3.8, 4) is 5.75 Å². The van der Waals surface area contributed by atoms with Crippen molar-refractivity contribution in [1.82, 2.24) is 5.32 Å². The molecule has 1 heterocycles. The Morgan fingerprint density at radius 1 is 1.32 bits per heavy atom. The van der Waals surface area contributed by atoms with Crippen LogP contribution in [0.15, 0.2) is 24.3 Å². The normalized spacial score (nSPS) is 19.8. The van der Waals surface area contributed by atoms with Gasteiger partial charge in [0.1, 0.15) is 5.75 Å². The Kier molecular flexibility index (Phi) is 6.41. The van der Waals surface area contributed by atoms with Gasteiger partial charge in [-0.1, -0.05) is 18.2 Å². The van der Waals surface area contributed by atoms with Crippen LogP contribution in [0.25, 0.3) is 0 Å². The highest BCUT2D eigenvalue weighted by Gasteiger charge is 2.30. The lowest BCUT2D eigenvalue weighted by Crippen LogP contribution is -2.42. The number of ether oxygens (including phenoxy) is 2. The summed E-state index contributed by atoms with van der Waals surface area (Å²) in [5.41, 5.74) is 0.968. The lowest BCUT2D eigenvalue weighted by molar-refractivity contribution is -0.155. The van der Waals surface area contributed by atoms with Gasteiger partial charge in [0.25, 0.3) is 5.91 Å². The Morgan fingerprint density at radius 3 is 2.68 bits per heavy atom. The number of carbonyl (C=O) groups excluding carboxylic acids is 2. The highest BCUT2D eigenvalue weighted by Crippen LogP contribution is 2.16. The maximum atomic E-state index is 12.0. The van der Waals surface area contributed by atoms with Gasteiger partial charge in [-0.05, 0) is 31.9 Å². The highest BCUT2D eigenvalue weighted by molar-refractivity contribution is 7.91. The monoisotopic (exact) mass is 369 g/mol. The summed E-state index contributed by atoms with van der Waals surface area (Å²) in [6, 6.07) is 7.04. The average molecular weight is 369 g/mol. The van der Waals surface area contributed by atoms with Gasteiger partial charge >= 0.3 is 5.97 Å². The number of para-hydroxylation sites is 1. The number of amides is 1. The van der Waals surface area contributed by atoms with Crippen LogP contribution in [0.4, 0.5) is 0 Å². The van der Waals surface area contributed by atoms with Gasteiger partial charge in [-0.15, -0.1) is 0 Å². The third kappa shape index (κ3) is 6.04. The van der Waals surface area contributed by atoms with E-state index in [9.17, 15) is 18.0 Å². The number of sulfone groups is 1. The van der Waals surface area contributed by atoms with E-state index in [4.69, 9.17) is 9.47 Å². The SMILES string of the molecule is Cc1ccccc1OCCC(=O)O[C@H](C)C(=O)N[C@H]1CCS(=O)(=O)C1. The predicted molar refractivity (Wildman–Crippen MR) is 92.0 cm³/mol. The Labute approximate surface area is 147 Å². The molecule has 1 amide bonds. The Bertz CT molecular complexity index is 730. The molecule has 0 aromatic heterocycles. The van der Waals surface area contributed by atoms with Crippen LogP contribution in [-0.2, 0) is 24.2 Å². The van der Waals surface area contributed by atoms with Gasteiger partial charge in [-0.2, -0.15) is 0 Å². The summed E-state index contributed by atoms with van der Waals surface area (Å²) in [5, 5.41) is 2.60. The molecule has 138 valence electrons. The summed E-state index contributed by atoms with van der Waals surface area (Å²) < 4.78 is 33.3. The molecular weight excluding hydrogens is 346 g/mol. The van der Waals surface area contributed by atoms with Crippen molar-refractivity contribution < 1.29 is 27.5 Å². The first-order valence-electron chi connectivity index (χ1n) is 8.15. The largest absolute Gasteiger partial charge is 0.493 e. The molecule has 2 atom stereocenters. The van der Waals surface area contributed by atoms with E-state index in [2.05, 4.69) is 5.32 Å². The maximum absolute atomic E-state index is 12.0. The maximum Gasteiger partial charge on any atom is 0.310 e. The molecule has 7 nitrogen and oxygen atoms in total. The van der Waals surface area contributed by atoms with Gasteiger partial charge in [0.05, 0.1) is 24.5 Å². The number of esters is 1. The van der Waals surface area contributed by atoms with Crippen molar-refractivity contribution in [1.29, 1.82) is 0 Å². The van der Waals surface area contributed by atoms with Crippen LogP contribution >= 0.6 is 0 Å². The van der Waals surface area contributed by atoms with Crippen LogP contribution in [0, 0.1) is 6.92 Å². The quantitative estimate of drug-likeness (QED) is 0.720. The number of hydrogen-bond donors (Lipinski definition) is 1. The molecule has 0 saturated carbocycles. The molecule has 1 fully saturated rings. The Morgan fingerprint density at radius 2 is 2.04 bits per heavy atom. The van der Waals surface area contributed by atoms with Gasteiger partial charge in [0.2, 0.25) is 0 Å². The van der Waals surface area contributed by atoms with Gasteiger partial charge in [-0.3, -0.25) is 9.59 Å². The Hall–Kier alpha value is -2.09. The second-order valence-electron chi connectivity index (χ2n) is 6.10. The first kappa shape index (κ1) is 19.2. The van der Waals surface area contributed by atoms with E-state index in [1.807, 2.05) is 31.2 Å². The second kappa shape index (κ2) is 8.33. The lowest BCUT2D eigenvalue weighted by Gasteiger charge is -2.16. The fourth-order valence-electron chi connectivity index (χ4n) is 2.50. The van der Waals surface area contributed by atoms with Gasteiger partial charge in [-0.25, -0.2) is 8.42 Å². The molecule has 1 aliphatic heterocycles. The molecule has 0 radical (unpaired) electrons. The Balaban J connectivity index is 1.70. The van der Waals surface area contributed by atoms with E-state index < -0.39 is 33.9 Å². The minimum absolute atomic E-state index is 0.0176. The number of hydrogen-bond acceptors (Lipinski definition) is 6. The first-order chi connectivity index (χ1) is 11.8. The van der Waals surface area contributed by atoms with Crippen LogP contribution < -0.4 is 10.1 Å². The summed E-state index contributed by atoms with van der Waals surface area (Å²) in [4.78, 5) is 23.8. The number of benzene rings is 1. The van der Waals surface area contributed by atoms with E-state index in [-0.39, 0.29) is 24.5 Å². The molecule has 1 aliphatic rings. The van der Waals surface area contributed by atoms with Crippen LogP contribution in [0.1, 0.15) is 25.3 Å². The predicted octanol–water partition coefficient (Wildman–Crippen LogP) is 0.999. The molecule has 1 aromatic rings. The molecule has 0 aliphatic carbocycles. The summed E-state index contributed by atoms with van der Waals surface area (Å²) >= 11 is 0. The standard InChI is InChI=1S/C17H23NO6S/c1-12-5-3-4-6-15(12)23-9-7-16(19)24-13(2)17(20)18-14-8-10-25(21,22)11-14/h3-6,13-14H,7-11H2,1-2H3,(H,18,20)/t13-,14+/m1/s1. The highest BCUT2D eigenvalue weighted by atomic mass is 32.2. The zero-order chi connectivity index (χ0) is 18.4. The van der Waals surface area contributed by atoms with Gasteiger partial charge < -0.3 is 14.8 Å². The second-order valence-corrected chi connectivity index (χ2v) is 8.33. The summed E-state index contributed by atoms with van der Waals surface area (Å²) in [6.45, 7) is 3.51. The minimum Gasteiger partial charge on any atom is -0.493 e. The third-order valence-electron chi connectivity index (χ3n) is 3.91. The van der Waals surface area contributed by atoms with Crippen molar-refractivity contribution in [2.45, 2.75) is 38.8 Å². The smallest absolute Gasteiger partial charge is 0.310 e. The van der Waals surface area contributed by atoms with E-state index >= 15 is 0 Å². The summed E-state index contributed by atoms with van der Waals surface area (Å²) in [7, 11) is -3.07. The van der Waals surface area contributed by atoms with Gasteiger partial charge in [0.15, 0.2) is 15.9 Å². The minimum atomic E-state index is -3.07. The lowest BCUT2D eigenvalue weighted by atomic mass is 10.2. The van der Waals surface area contributed by atoms with E-state index in [0.717, 1.165) is 5.56 Å². The van der Waals surface area contributed by atoms with Crippen LogP contribution in [-0.4, -0.2) is 50.6 Å². The molecule has 0 spiro atoms. The van der Waals surface area contributed by atoms with Crippen molar-refractivity contribution in [2.75, 3.05) is 18.1 Å². The molecule has 8 heteroatoms. The van der Waals surface area contributed by atoms with E-state index in [0.29, 0.717) is 12.2 Å². The summed E-state index contributed by atoms with van der Waals surface area (Å²) in [5.74, 6) is -0.333. The zero-order valence-corrected chi connectivity index (χ0v) is 15.2. The molecule has 1 saturated heterocycles. The molecule has 1 N–H and O–H groups in total. The first-order valence-corrected chi connectivity index (χ1v) is 9.98. The molecule has 2 rings (SSSR count). The molecular formula is C17H23NO6S. The molecule has 0 bridgehead atoms. The average Bonchev–Trinajstić information content (AvgIpc) is 2.87. The fourth-order valence-corrected chi connectivity index (χ4v) is 4.17. The van der Waals surface area contributed by atoms with Gasteiger partial charge in [0, 0.05) is 6.04 Å². The molecule has 0 unspecified atom stereocenters. The topological polar surface area (TPSA) is 98.8 Å². The van der Waals surface area contributed by atoms with Crippen molar-refractivity contribution >= 4 is 21.7 Å². The number of aryl methyl sites for hydroxylation is 1. The summed E-state index contributed by atoms with van der Waals surface area (Å²) in [6.07, 6.45) is -0.572. The van der Waals surface area contributed by atoms with Crippen molar-refractivity contribution in [3.63, 3.8) is 0 Å². The molecule has 1 aromatic carbocycles. The number of rotatable bonds is 7. The zero-order valence-electron chi connectivity index (χ0n) is 14.4. The van der Waals surface area contributed by atoms with E-state index in [1.54, 1.807) is 0 Å². The van der Waals surface area contributed by atoms with Crippen LogP contribution in [0.3, 0.4) is 0 Å². The van der Waals surface area contributed by atoms with Crippen LogP contribution in [0.5, 0.6) is 5.75 Å². The fraction of sp³-hybridized carbons (Fsp3) is 0.529. The third-order valence-corrected chi connectivity index (χ3v) is 5.68. The molecule has 25 heavy (non-hydrogen) atoms. The van der Waals surface area contributed by atoms with Crippen LogP contribution in [0.2, 0.25) is 0 Å².